The minimum atomic E-state index is -4.64. The minimum Gasteiger partial charge on any atom is -0.303 e. The molecule has 0 aliphatic rings. The van der Waals surface area contributed by atoms with Crippen molar-refractivity contribution >= 4 is 28.5 Å². The predicted molar refractivity (Wildman–Crippen MR) is 86.3 cm³/mol. The highest BCUT2D eigenvalue weighted by atomic mass is 31.2. The van der Waals surface area contributed by atoms with Gasteiger partial charge in [-0.15, -0.1) is 4.43 Å². The molecule has 0 heterocycles. The van der Waals surface area contributed by atoms with Gasteiger partial charge in [0.2, 0.25) is 0 Å². The van der Waals surface area contributed by atoms with E-state index in [1.54, 1.807) is 0 Å². The molecule has 0 unspecified atom stereocenters. The zero-order chi connectivity index (χ0) is 16.4. The first-order chi connectivity index (χ1) is 8.62. The summed E-state index contributed by atoms with van der Waals surface area (Å²) in [4.78, 5) is 21.6. The van der Waals surface area contributed by atoms with E-state index in [0.29, 0.717) is 0 Å². The van der Waals surface area contributed by atoms with Gasteiger partial charge in [0.05, 0.1) is 0 Å². The van der Waals surface area contributed by atoms with Gasteiger partial charge in [0.1, 0.15) is 0 Å². The van der Waals surface area contributed by atoms with Crippen LogP contribution in [0.15, 0.2) is 18.2 Å². The molecule has 0 bridgehead atoms. The van der Waals surface area contributed by atoms with Crippen molar-refractivity contribution < 1.29 is 19.2 Å². The molecule has 0 saturated carbocycles. The van der Waals surface area contributed by atoms with Crippen LogP contribution in [0, 0.1) is 0 Å². The lowest BCUT2D eigenvalue weighted by molar-refractivity contribution is 0.275. The Morgan fingerprint density at radius 3 is 1.65 bits per heavy atom. The fraction of sp³-hybridized carbons (Fsp3) is 0.571. The van der Waals surface area contributed by atoms with Crippen LogP contribution in [-0.2, 0) is 15.4 Å². The fourth-order valence-corrected chi connectivity index (χ4v) is 2.96. The molecule has 6 heteroatoms. The molecule has 1 rings (SSSR count). The van der Waals surface area contributed by atoms with E-state index in [2.05, 4.69) is 59.7 Å². The summed E-state index contributed by atoms with van der Waals surface area (Å²) in [5.41, 5.74) is 3.52. The number of hydrogen-bond donors (Lipinski definition) is 3. The summed E-state index contributed by atoms with van der Waals surface area (Å²) < 4.78 is 10.4. The van der Waals surface area contributed by atoms with E-state index in [1.807, 2.05) is 0 Å². The molecule has 20 heavy (non-hydrogen) atoms. The lowest BCUT2D eigenvalue weighted by Gasteiger charge is -2.27. The zero-order valence-corrected chi connectivity index (χ0v) is 16.3. The lowest BCUT2D eigenvalue weighted by Crippen LogP contribution is -2.25. The van der Waals surface area contributed by atoms with Crippen LogP contribution in [0.3, 0.4) is 0 Å². The third kappa shape index (κ3) is 8.22. The molecular weight excluding hydrogens is 290 g/mol. The topological polar surface area (TPSA) is 77.8 Å². The van der Waals surface area contributed by atoms with Crippen molar-refractivity contribution in [1.29, 1.82) is 0 Å². The molecule has 0 radical (unpaired) electrons. The van der Waals surface area contributed by atoms with Crippen molar-refractivity contribution in [2.75, 3.05) is 0 Å². The minimum absolute atomic E-state index is 0.259. The Bertz CT molecular complexity index is 487. The Morgan fingerprint density at radius 2 is 1.35 bits per heavy atom. The highest BCUT2D eigenvalue weighted by Crippen LogP contribution is 2.27. The Labute approximate surface area is 129 Å². The fourth-order valence-electron chi connectivity index (χ4n) is 1.90. The summed E-state index contributed by atoms with van der Waals surface area (Å²) in [6.07, 6.45) is 0. The average Bonchev–Trinajstić information content (AvgIpc) is 2.11. The quantitative estimate of drug-likeness (QED) is 0.502. The largest absolute Gasteiger partial charge is 0.466 e. The van der Waals surface area contributed by atoms with Gasteiger partial charge in [0, 0.05) is 0 Å². The highest BCUT2D eigenvalue weighted by Gasteiger charge is 2.20. The van der Waals surface area contributed by atoms with E-state index in [-0.39, 0.29) is 10.8 Å². The molecule has 1 aromatic rings. The van der Waals surface area contributed by atoms with Gasteiger partial charge in [0.15, 0.2) is 0 Å². The van der Waals surface area contributed by atoms with Gasteiger partial charge in [-0.2, -0.15) is 0 Å². The third-order valence-electron chi connectivity index (χ3n) is 2.91. The standard InChI is InChI=1S/C14H21.Al.H3O4P.2H/c1-13(2,3)11-8-7-9-12(10-11)14(4,5)6;;1-5(2,3)4;;/h7-8,10H,1-6H3;;(H3,1,2,3,4);;. The van der Waals surface area contributed by atoms with Gasteiger partial charge in [-0.05, 0) is 16.4 Å². The van der Waals surface area contributed by atoms with Crippen molar-refractivity contribution in [3.05, 3.63) is 29.3 Å². The highest BCUT2D eigenvalue weighted by molar-refractivity contribution is 7.45. The summed E-state index contributed by atoms with van der Waals surface area (Å²) in [6, 6.07) is 7.01. The number of rotatable bonds is 0. The van der Waals surface area contributed by atoms with Crippen LogP contribution in [-0.4, -0.2) is 31.0 Å². The van der Waals surface area contributed by atoms with E-state index >= 15 is 0 Å². The van der Waals surface area contributed by atoms with Crippen LogP contribution in [0.2, 0.25) is 0 Å². The number of phosphoric acid groups is 1. The maximum Gasteiger partial charge on any atom is 0.466 e. The predicted octanol–water partition coefficient (Wildman–Crippen LogP) is 1.61. The summed E-state index contributed by atoms with van der Waals surface area (Å²) in [6.45, 7) is 13.7. The molecule has 0 aromatic heterocycles. The second-order valence-electron chi connectivity index (χ2n) is 7.04. The van der Waals surface area contributed by atoms with Gasteiger partial charge in [-0.3, -0.25) is 0 Å². The first-order valence-electron chi connectivity index (χ1n) is 6.52. The first kappa shape index (κ1) is 19.9. The maximum absolute atomic E-state index is 8.88. The van der Waals surface area contributed by atoms with Crippen LogP contribution in [0.4, 0.5) is 0 Å². The van der Waals surface area contributed by atoms with Crippen molar-refractivity contribution in [3.63, 3.8) is 0 Å². The molecule has 4 nitrogen and oxygen atoms in total. The molecule has 114 valence electrons. The van der Waals surface area contributed by atoms with Crippen LogP contribution in [0.1, 0.15) is 52.7 Å². The summed E-state index contributed by atoms with van der Waals surface area (Å²) >= 11 is 1.14. The Hall–Kier alpha value is -0.138. The Kier molecular flexibility index (Phi) is 6.70. The van der Waals surface area contributed by atoms with Gasteiger partial charge < -0.3 is 14.7 Å². The summed E-state index contributed by atoms with van der Waals surface area (Å²) in [7, 11) is -4.64. The zero-order valence-electron chi connectivity index (χ0n) is 13.4. The van der Waals surface area contributed by atoms with E-state index in [9.17, 15) is 0 Å². The van der Waals surface area contributed by atoms with E-state index < -0.39 is 7.82 Å². The number of hydrogen-bond acceptors (Lipinski definition) is 1. The van der Waals surface area contributed by atoms with Crippen LogP contribution >= 0.6 is 7.82 Å². The smallest absolute Gasteiger partial charge is 0.303 e. The van der Waals surface area contributed by atoms with Crippen molar-refractivity contribution in [3.8, 4) is 0 Å². The van der Waals surface area contributed by atoms with Gasteiger partial charge >= 0.3 is 7.82 Å². The average molecular weight is 316 g/mol. The molecule has 0 aliphatic heterocycles. The molecule has 0 atom stereocenters. The molecular formula is C14H26AlO4P. The van der Waals surface area contributed by atoms with Gasteiger partial charge in [-0.1, -0.05) is 65.3 Å². The number of benzene rings is 1. The maximum atomic E-state index is 8.88. The summed E-state index contributed by atoms with van der Waals surface area (Å²) in [5.74, 6) is 0. The lowest BCUT2D eigenvalue weighted by atomic mass is 9.81. The SMILES string of the molecule is CC(C)(C)c1cc[c]([AlH2])c(C(C)(C)C)c1.O=P(O)(O)O. The van der Waals surface area contributed by atoms with Crippen LogP contribution in [0.25, 0.3) is 0 Å². The first-order valence-corrected chi connectivity index (χ1v) is 9.09. The van der Waals surface area contributed by atoms with E-state index in [1.165, 1.54) is 15.6 Å². The van der Waals surface area contributed by atoms with Gasteiger partial charge in [0.25, 0.3) is 16.3 Å². The summed E-state index contributed by atoms with van der Waals surface area (Å²) in [5, 5.41) is 0. The van der Waals surface area contributed by atoms with Crippen LogP contribution < -0.4 is 4.43 Å². The third-order valence-corrected chi connectivity index (χ3v) is 3.78. The Morgan fingerprint density at radius 1 is 0.950 bits per heavy atom. The molecule has 0 fully saturated rings. The monoisotopic (exact) mass is 316 g/mol. The van der Waals surface area contributed by atoms with Crippen molar-refractivity contribution in [1.82, 2.24) is 0 Å². The van der Waals surface area contributed by atoms with E-state index in [0.717, 1.165) is 16.3 Å². The normalized spacial score (nSPS) is 12.7. The van der Waals surface area contributed by atoms with Crippen molar-refractivity contribution in [2.24, 2.45) is 0 Å². The second-order valence-corrected chi connectivity index (χ2v) is 9.15. The molecule has 1 aromatic carbocycles. The van der Waals surface area contributed by atoms with Gasteiger partial charge in [-0.25, -0.2) is 4.57 Å². The molecule has 0 amide bonds. The van der Waals surface area contributed by atoms with Crippen molar-refractivity contribution in [2.45, 2.75) is 52.4 Å². The Balaban J connectivity index is 0.000000621. The van der Waals surface area contributed by atoms with E-state index in [4.69, 9.17) is 19.2 Å². The molecule has 0 spiro atoms. The van der Waals surface area contributed by atoms with Crippen LogP contribution in [0.5, 0.6) is 0 Å². The second kappa shape index (κ2) is 6.75. The molecule has 3 N–H and O–H groups in total. The molecule has 0 saturated heterocycles. The molecule has 0 aliphatic carbocycles.